The van der Waals surface area contributed by atoms with Crippen LogP contribution in [0.3, 0.4) is 0 Å². The number of nitrogens with one attached hydrogen (secondary N) is 1. The molecule has 1 saturated heterocycles. The molecule has 1 unspecified atom stereocenters. The van der Waals surface area contributed by atoms with Gasteiger partial charge in [0.05, 0.1) is 18.2 Å². The zero-order valence-electron chi connectivity index (χ0n) is 15.1. The molecule has 1 aliphatic rings. The Morgan fingerprint density at radius 3 is 2.59 bits per heavy atom. The van der Waals surface area contributed by atoms with Crippen LogP contribution in [0.4, 0.5) is 0 Å². The summed E-state index contributed by atoms with van der Waals surface area (Å²) in [6.07, 6.45) is 2.53. The predicted molar refractivity (Wildman–Crippen MR) is 109 cm³/mol. The van der Waals surface area contributed by atoms with Crippen molar-refractivity contribution in [3.05, 3.63) is 56.5 Å². The summed E-state index contributed by atoms with van der Waals surface area (Å²) in [6.45, 7) is 2.55. The lowest BCUT2D eigenvalue weighted by atomic mass is 10.2. The Bertz CT molecular complexity index is 759. The molecule has 2 aromatic carbocycles. The molecular weight excluding hydrogens is 409 g/mol. The molecule has 7 heteroatoms. The van der Waals surface area contributed by atoms with Crippen LogP contribution in [-0.4, -0.2) is 26.4 Å². The van der Waals surface area contributed by atoms with E-state index in [-0.39, 0.29) is 6.61 Å². The quantitative estimate of drug-likeness (QED) is 0.600. The maximum atomic E-state index is 6.44. The van der Waals surface area contributed by atoms with Crippen molar-refractivity contribution in [1.82, 2.24) is 5.32 Å². The lowest BCUT2D eigenvalue weighted by Crippen LogP contribution is -2.25. The van der Waals surface area contributed by atoms with E-state index in [1.165, 1.54) is 0 Å². The van der Waals surface area contributed by atoms with Gasteiger partial charge in [-0.15, -0.1) is 0 Å². The molecule has 3 rings (SSSR count). The van der Waals surface area contributed by atoms with E-state index in [1.807, 2.05) is 12.1 Å². The van der Waals surface area contributed by atoms with Crippen molar-refractivity contribution in [2.24, 2.45) is 0 Å². The van der Waals surface area contributed by atoms with E-state index >= 15 is 0 Å². The standard InChI is InChI=1S/C20H22Cl3NO3/c1-25-19-9-13(10-24-11-14-4-3-7-26-14)8-18(23)20(19)27-12-15-16(21)5-2-6-17(15)22/h2,5-6,8-9,14,24H,3-4,7,10-12H2,1H3. The van der Waals surface area contributed by atoms with E-state index < -0.39 is 0 Å². The van der Waals surface area contributed by atoms with Gasteiger partial charge in [0.2, 0.25) is 0 Å². The Morgan fingerprint density at radius 1 is 1.15 bits per heavy atom. The van der Waals surface area contributed by atoms with Crippen LogP contribution in [0.1, 0.15) is 24.0 Å². The van der Waals surface area contributed by atoms with Gasteiger partial charge in [0, 0.05) is 35.3 Å². The Labute approximate surface area is 174 Å². The van der Waals surface area contributed by atoms with Gasteiger partial charge in [-0.3, -0.25) is 0 Å². The lowest BCUT2D eigenvalue weighted by Gasteiger charge is -2.16. The fourth-order valence-electron chi connectivity index (χ4n) is 3.01. The van der Waals surface area contributed by atoms with Crippen LogP contribution in [0.25, 0.3) is 0 Å². The number of ether oxygens (including phenoxy) is 3. The van der Waals surface area contributed by atoms with Gasteiger partial charge in [-0.05, 0) is 42.7 Å². The third-order valence-corrected chi connectivity index (χ3v) is 5.43. The third kappa shape index (κ3) is 5.43. The maximum absolute atomic E-state index is 6.44. The monoisotopic (exact) mass is 429 g/mol. The molecule has 1 heterocycles. The van der Waals surface area contributed by atoms with Crippen LogP contribution in [-0.2, 0) is 17.9 Å². The molecule has 1 N–H and O–H groups in total. The molecule has 0 radical (unpaired) electrons. The van der Waals surface area contributed by atoms with Gasteiger partial charge >= 0.3 is 0 Å². The molecule has 1 aliphatic heterocycles. The summed E-state index contributed by atoms with van der Waals surface area (Å²) in [6, 6.07) is 9.12. The van der Waals surface area contributed by atoms with Gasteiger partial charge in [0.1, 0.15) is 6.61 Å². The highest BCUT2D eigenvalue weighted by Crippen LogP contribution is 2.38. The highest BCUT2D eigenvalue weighted by molar-refractivity contribution is 6.36. The van der Waals surface area contributed by atoms with E-state index in [0.717, 1.165) is 31.6 Å². The van der Waals surface area contributed by atoms with Gasteiger partial charge in [0.25, 0.3) is 0 Å². The Hall–Kier alpha value is -1.17. The van der Waals surface area contributed by atoms with Crippen LogP contribution in [0.15, 0.2) is 30.3 Å². The highest BCUT2D eigenvalue weighted by atomic mass is 35.5. The molecule has 0 amide bonds. The number of rotatable bonds is 8. The van der Waals surface area contributed by atoms with Gasteiger partial charge in [-0.2, -0.15) is 0 Å². The fourth-order valence-corrected chi connectivity index (χ4v) is 3.81. The minimum absolute atomic E-state index is 0.200. The van der Waals surface area contributed by atoms with Crippen LogP contribution < -0.4 is 14.8 Å². The lowest BCUT2D eigenvalue weighted by molar-refractivity contribution is 0.110. The first kappa shape index (κ1) is 20.6. The first-order chi connectivity index (χ1) is 13.1. The Kier molecular flexibility index (Phi) is 7.50. The third-order valence-electron chi connectivity index (χ3n) is 4.44. The van der Waals surface area contributed by atoms with Crippen molar-refractivity contribution >= 4 is 34.8 Å². The summed E-state index contributed by atoms with van der Waals surface area (Å²) in [5.74, 6) is 1.04. The fraction of sp³-hybridized carbons (Fsp3) is 0.400. The second-order valence-corrected chi connectivity index (χ2v) is 7.59. The molecule has 0 spiro atoms. The Morgan fingerprint density at radius 2 is 1.93 bits per heavy atom. The first-order valence-corrected chi connectivity index (χ1v) is 9.96. The maximum Gasteiger partial charge on any atom is 0.180 e. The van der Waals surface area contributed by atoms with E-state index in [1.54, 1.807) is 25.3 Å². The summed E-state index contributed by atoms with van der Waals surface area (Å²) in [5.41, 5.74) is 1.72. The topological polar surface area (TPSA) is 39.7 Å². The number of hydrogen-bond acceptors (Lipinski definition) is 4. The molecule has 1 fully saturated rings. The van der Waals surface area contributed by atoms with Crippen LogP contribution in [0.5, 0.6) is 11.5 Å². The molecule has 0 saturated carbocycles. The largest absolute Gasteiger partial charge is 0.493 e. The van der Waals surface area contributed by atoms with Gasteiger partial charge in [-0.25, -0.2) is 0 Å². The molecule has 1 atom stereocenters. The number of halogens is 3. The minimum Gasteiger partial charge on any atom is -0.493 e. The van der Waals surface area contributed by atoms with Crippen molar-refractivity contribution < 1.29 is 14.2 Å². The van der Waals surface area contributed by atoms with Gasteiger partial charge < -0.3 is 19.5 Å². The van der Waals surface area contributed by atoms with Gasteiger partial charge in [0.15, 0.2) is 11.5 Å². The smallest absolute Gasteiger partial charge is 0.180 e. The average molecular weight is 431 g/mol. The van der Waals surface area contributed by atoms with Crippen LogP contribution in [0, 0.1) is 0 Å². The summed E-state index contributed by atoms with van der Waals surface area (Å²) < 4.78 is 17.0. The molecule has 27 heavy (non-hydrogen) atoms. The summed E-state index contributed by atoms with van der Waals surface area (Å²) in [4.78, 5) is 0. The zero-order chi connectivity index (χ0) is 19.2. The molecule has 0 aliphatic carbocycles. The highest BCUT2D eigenvalue weighted by Gasteiger charge is 2.16. The predicted octanol–water partition coefficient (Wildman–Crippen LogP) is 5.50. The van der Waals surface area contributed by atoms with Crippen molar-refractivity contribution in [2.75, 3.05) is 20.3 Å². The average Bonchev–Trinajstić information content (AvgIpc) is 3.15. The van der Waals surface area contributed by atoms with Crippen LogP contribution in [0.2, 0.25) is 15.1 Å². The van der Waals surface area contributed by atoms with Crippen LogP contribution >= 0.6 is 34.8 Å². The molecule has 2 aromatic rings. The molecule has 0 aromatic heterocycles. The number of benzene rings is 2. The number of hydrogen-bond donors (Lipinski definition) is 1. The second-order valence-electron chi connectivity index (χ2n) is 6.36. The summed E-state index contributed by atoms with van der Waals surface area (Å²) in [5, 5.41) is 4.97. The molecule has 4 nitrogen and oxygen atoms in total. The number of methoxy groups -OCH3 is 1. The first-order valence-electron chi connectivity index (χ1n) is 8.83. The van der Waals surface area contributed by atoms with Crippen molar-refractivity contribution in [1.29, 1.82) is 0 Å². The van der Waals surface area contributed by atoms with Crippen molar-refractivity contribution in [3.63, 3.8) is 0 Å². The Balaban J connectivity index is 1.66. The molecule has 0 bridgehead atoms. The van der Waals surface area contributed by atoms with Crippen molar-refractivity contribution in [2.45, 2.75) is 32.1 Å². The van der Waals surface area contributed by atoms with E-state index in [4.69, 9.17) is 49.0 Å². The summed E-state index contributed by atoms with van der Waals surface area (Å²) in [7, 11) is 1.59. The zero-order valence-corrected chi connectivity index (χ0v) is 17.3. The normalized spacial score (nSPS) is 16.5. The summed E-state index contributed by atoms with van der Waals surface area (Å²) >= 11 is 18.8. The van der Waals surface area contributed by atoms with E-state index in [2.05, 4.69) is 5.32 Å². The van der Waals surface area contributed by atoms with Crippen molar-refractivity contribution in [3.8, 4) is 11.5 Å². The van der Waals surface area contributed by atoms with E-state index in [0.29, 0.717) is 44.8 Å². The molecule has 146 valence electrons. The minimum atomic E-state index is 0.200. The molecular formula is C20H22Cl3NO3. The SMILES string of the molecule is COc1cc(CNCC2CCCO2)cc(Cl)c1OCc1c(Cl)cccc1Cl. The second kappa shape index (κ2) is 9.85. The van der Waals surface area contributed by atoms with Gasteiger partial charge in [-0.1, -0.05) is 40.9 Å². The van der Waals surface area contributed by atoms with E-state index in [9.17, 15) is 0 Å².